The molecule has 2 rings (SSSR count). The molecule has 0 aromatic heterocycles. The maximum Gasteiger partial charge on any atom is 0.408 e. The Morgan fingerprint density at radius 1 is 1.00 bits per heavy atom. The lowest BCUT2D eigenvalue weighted by Gasteiger charge is -2.38. The van der Waals surface area contributed by atoms with E-state index in [0.29, 0.717) is 17.5 Å². The Morgan fingerprint density at radius 2 is 1.59 bits per heavy atom. The molecule has 2 aromatic rings. The number of alkyl carbamates (subject to hydrolysis) is 1. The Kier molecular flexibility index (Phi) is 11.7. The number of aromatic hydroxyl groups is 1. The second kappa shape index (κ2) is 14.5. The molecule has 0 fully saturated rings. The summed E-state index contributed by atoms with van der Waals surface area (Å²) in [5, 5.41) is 15.0. The molecule has 0 aliphatic rings. The zero-order chi connectivity index (χ0) is 30.9. The Hall–Kier alpha value is -4.08. The van der Waals surface area contributed by atoms with Crippen LogP contribution in [0.3, 0.4) is 0 Å². The van der Waals surface area contributed by atoms with E-state index in [1.54, 1.807) is 32.9 Å². The lowest BCUT2D eigenvalue weighted by atomic mass is 9.95. The minimum absolute atomic E-state index is 0.0649. The summed E-state index contributed by atoms with van der Waals surface area (Å²) in [6.07, 6.45) is -0.193. The molecule has 41 heavy (non-hydrogen) atoms. The highest BCUT2D eigenvalue weighted by atomic mass is 16.6. The van der Waals surface area contributed by atoms with E-state index in [2.05, 4.69) is 15.4 Å². The van der Waals surface area contributed by atoms with E-state index in [1.807, 2.05) is 45.9 Å². The molecule has 3 atom stereocenters. The average molecular weight is 570 g/mol. The number of hydrogen-bond donors (Lipinski definition) is 3. The number of phenols is 1. The molecule has 224 valence electrons. The molecule has 0 spiro atoms. The van der Waals surface area contributed by atoms with E-state index in [9.17, 15) is 24.3 Å². The van der Waals surface area contributed by atoms with Gasteiger partial charge in [-0.05, 0) is 71.2 Å². The Bertz CT molecular complexity index is 1200. The fraction of sp³-hybridized carbons (Fsp3) is 0.484. The first-order valence-corrected chi connectivity index (χ1v) is 13.7. The van der Waals surface area contributed by atoms with Gasteiger partial charge >= 0.3 is 12.1 Å². The highest BCUT2D eigenvalue weighted by Crippen LogP contribution is 2.28. The van der Waals surface area contributed by atoms with Crippen LogP contribution in [0.15, 0.2) is 42.5 Å². The van der Waals surface area contributed by atoms with E-state index in [1.165, 1.54) is 24.1 Å². The summed E-state index contributed by atoms with van der Waals surface area (Å²) >= 11 is 0. The van der Waals surface area contributed by atoms with Crippen molar-refractivity contribution >= 4 is 23.9 Å². The maximum atomic E-state index is 14.4. The van der Waals surface area contributed by atoms with Crippen molar-refractivity contribution in [3.05, 3.63) is 64.7 Å². The number of aryl methyl sites for hydroxylation is 2. The van der Waals surface area contributed by atoms with Gasteiger partial charge in [-0.3, -0.25) is 14.4 Å². The number of rotatable bonds is 11. The van der Waals surface area contributed by atoms with E-state index in [4.69, 9.17) is 4.74 Å². The number of phenolic OH excluding ortho intramolecular Hbond substituents is 1. The summed E-state index contributed by atoms with van der Waals surface area (Å²) in [6.45, 7) is 12.3. The van der Waals surface area contributed by atoms with Crippen LogP contribution in [0.4, 0.5) is 4.79 Å². The highest BCUT2D eigenvalue weighted by Gasteiger charge is 2.39. The van der Waals surface area contributed by atoms with Gasteiger partial charge in [0.2, 0.25) is 11.8 Å². The molecule has 0 heterocycles. The van der Waals surface area contributed by atoms with Gasteiger partial charge < -0.3 is 30.1 Å². The number of amides is 3. The van der Waals surface area contributed by atoms with Crippen molar-refractivity contribution in [1.82, 2.24) is 15.5 Å². The van der Waals surface area contributed by atoms with E-state index < -0.39 is 47.6 Å². The third-order valence-electron chi connectivity index (χ3n) is 6.41. The van der Waals surface area contributed by atoms with Gasteiger partial charge in [0.15, 0.2) is 0 Å². The lowest BCUT2D eigenvalue weighted by molar-refractivity contribution is -0.146. The fourth-order valence-electron chi connectivity index (χ4n) is 4.43. The molecule has 2 aromatic carbocycles. The molecule has 10 heteroatoms. The quantitative estimate of drug-likeness (QED) is 0.347. The molecule has 0 aliphatic carbocycles. The number of methoxy groups -OCH3 is 1. The predicted octanol–water partition coefficient (Wildman–Crippen LogP) is 4.10. The van der Waals surface area contributed by atoms with Gasteiger partial charge in [-0.25, -0.2) is 4.79 Å². The number of ether oxygens (including phenoxy) is 2. The van der Waals surface area contributed by atoms with Gasteiger partial charge in [0.1, 0.15) is 30.0 Å². The van der Waals surface area contributed by atoms with E-state index in [-0.39, 0.29) is 18.7 Å². The van der Waals surface area contributed by atoms with E-state index >= 15 is 0 Å². The van der Waals surface area contributed by atoms with Gasteiger partial charge in [0.25, 0.3) is 0 Å². The number of hydrogen-bond acceptors (Lipinski definition) is 7. The maximum absolute atomic E-state index is 14.4. The average Bonchev–Trinajstić information content (AvgIpc) is 2.88. The van der Waals surface area contributed by atoms with Crippen molar-refractivity contribution in [2.45, 2.75) is 85.0 Å². The van der Waals surface area contributed by atoms with Gasteiger partial charge in [-0.15, -0.1) is 0 Å². The SMILES string of the molecule is CCC(C)N(C(=O)C(Cc1ccc(O)cc1)NC(=O)OC(C)(C)C)C(C(=O)NCC(=O)OC)c1cc(C)cc(C)c1. The molecule has 3 N–H and O–H groups in total. The summed E-state index contributed by atoms with van der Waals surface area (Å²) in [7, 11) is 1.22. The van der Waals surface area contributed by atoms with Gasteiger partial charge in [-0.1, -0.05) is 48.4 Å². The van der Waals surface area contributed by atoms with Crippen molar-refractivity contribution in [2.24, 2.45) is 0 Å². The van der Waals surface area contributed by atoms with Gasteiger partial charge in [0, 0.05) is 12.5 Å². The Morgan fingerprint density at radius 3 is 2.10 bits per heavy atom. The number of esters is 1. The molecule has 10 nitrogen and oxygen atoms in total. The van der Waals surface area contributed by atoms with Crippen LogP contribution in [0, 0.1) is 13.8 Å². The van der Waals surface area contributed by atoms with Crippen molar-refractivity contribution in [3.8, 4) is 5.75 Å². The van der Waals surface area contributed by atoms with Crippen molar-refractivity contribution in [2.75, 3.05) is 13.7 Å². The number of benzene rings is 2. The minimum Gasteiger partial charge on any atom is -0.508 e. The first-order chi connectivity index (χ1) is 19.1. The first-order valence-electron chi connectivity index (χ1n) is 13.7. The van der Waals surface area contributed by atoms with E-state index in [0.717, 1.165) is 11.1 Å². The van der Waals surface area contributed by atoms with Crippen molar-refractivity contribution < 1.29 is 33.8 Å². The minimum atomic E-state index is -1.11. The molecule has 3 amide bonds. The first kappa shape index (κ1) is 33.1. The molecular formula is C31H43N3O7. The van der Waals surface area contributed by atoms with Crippen molar-refractivity contribution in [1.29, 1.82) is 0 Å². The topological polar surface area (TPSA) is 134 Å². The summed E-state index contributed by atoms with van der Waals surface area (Å²) in [6, 6.07) is 9.27. The predicted molar refractivity (Wildman–Crippen MR) is 155 cm³/mol. The summed E-state index contributed by atoms with van der Waals surface area (Å²) in [5.74, 6) is -1.63. The van der Waals surface area contributed by atoms with Crippen LogP contribution in [-0.4, -0.2) is 65.2 Å². The smallest absolute Gasteiger partial charge is 0.408 e. The lowest BCUT2D eigenvalue weighted by Crippen LogP contribution is -2.56. The standard InChI is InChI=1S/C31H43N3O7/c1-9-21(4)34(27(28(37)32-18-26(36)40-8)23-15-19(2)14-20(3)16-23)29(38)25(33-30(39)41-31(5,6)7)17-22-10-12-24(35)13-11-22/h10-16,21,25,27,35H,9,17-18H2,1-8H3,(H,32,37)(H,33,39). The third kappa shape index (κ3) is 10.1. The summed E-state index contributed by atoms with van der Waals surface area (Å²) in [5.41, 5.74) is 2.24. The van der Waals surface area contributed by atoms with Crippen LogP contribution in [0.25, 0.3) is 0 Å². The molecule has 0 aliphatic heterocycles. The van der Waals surface area contributed by atoms with Gasteiger partial charge in [0.05, 0.1) is 7.11 Å². The largest absolute Gasteiger partial charge is 0.508 e. The Balaban J connectivity index is 2.62. The molecule has 0 saturated heterocycles. The number of carbonyl (C=O) groups is 4. The zero-order valence-electron chi connectivity index (χ0n) is 25.2. The number of nitrogens with zero attached hydrogens (tertiary/aromatic N) is 1. The van der Waals surface area contributed by atoms with Crippen LogP contribution >= 0.6 is 0 Å². The van der Waals surface area contributed by atoms with Crippen molar-refractivity contribution in [3.63, 3.8) is 0 Å². The second-order valence-corrected chi connectivity index (χ2v) is 11.2. The molecule has 0 bridgehead atoms. The zero-order valence-corrected chi connectivity index (χ0v) is 25.2. The normalized spacial score (nSPS) is 13.4. The second-order valence-electron chi connectivity index (χ2n) is 11.2. The van der Waals surface area contributed by atoms with Crippen LogP contribution in [0.5, 0.6) is 5.75 Å². The number of carbonyl (C=O) groups excluding carboxylic acids is 4. The molecule has 0 saturated carbocycles. The third-order valence-corrected chi connectivity index (χ3v) is 6.41. The molecular weight excluding hydrogens is 526 g/mol. The summed E-state index contributed by atoms with van der Waals surface area (Å²) < 4.78 is 10.1. The monoisotopic (exact) mass is 569 g/mol. The summed E-state index contributed by atoms with van der Waals surface area (Å²) in [4.78, 5) is 54.4. The molecule has 0 radical (unpaired) electrons. The number of nitrogens with one attached hydrogen (secondary N) is 2. The van der Waals surface area contributed by atoms with Crippen LogP contribution < -0.4 is 10.6 Å². The molecule has 3 unspecified atom stereocenters. The Labute approximate surface area is 242 Å². The highest BCUT2D eigenvalue weighted by molar-refractivity contribution is 5.93. The van der Waals surface area contributed by atoms with Crippen LogP contribution in [0.2, 0.25) is 0 Å². The van der Waals surface area contributed by atoms with Gasteiger partial charge in [-0.2, -0.15) is 0 Å². The van der Waals surface area contributed by atoms with Crippen LogP contribution in [0.1, 0.15) is 69.3 Å². The fourth-order valence-corrected chi connectivity index (χ4v) is 4.43. The van der Waals surface area contributed by atoms with Crippen LogP contribution in [-0.2, 0) is 30.3 Å².